The highest BCUT2D eigenvalue weighted by Crippen LogP contribution is 2.38. The van der Waals surface area contributed by atoms with Gasteiger partial charge >= 0.3 is 0 Å². The number of carbonyl (C=O) groups is 1. The number of rotatable bonds is 2. The van der Waals surface area contributed by atoms with Gasteiger partial charge < -0.3 is 10.6 Å². The topological polar surface area (TPSA) is 46.3 Å². The number of carbonyl (C=O) groups excluding carboxylic acids is 1. The lowest BCUT2D eigenvalue weighted by Crippen LogP contribution is -2.63. The Kier molecular flexibility index (Phi) is 3.67. The van der Waals surface area contributed by atoms with Gasteiger partial charge in [0, 0.05) is 14.6 Å². The Morgan fingerprint density at radius 2 is 1.40 bits per heavy atom. The first-order chi connectivity index (χ1) is 9.58. The van der Waals surface area contributed by atoms with Crippen LogP contribution in [0.4, 0.5) is 5.69 Å². The van der Waals surface area contributed by atoms with Crippen molar-refractivity contribution in [2.75, 3.05) is 4.90 Å². The van der Waals surface area contributed by atoms with Gasteiger partial charge in [0.05, 0.1) is 6.04 Å². The molecule has 0 saturated carbocycles. The molecule has 1 amide bonds. The van der Waals surface area contributed by atoms with Crippen LogP contribution in [0.5, 0.6) is 0 Å². The molecule has 20 heavy (non-hydrogen) atoms. The second-order valence-electron chi connectivity index (χ2n) is 4.71. The van der Waals surface area contributed by atoms with Gasteiger partial charge in [-0.2, -0.15) is 0 Å². The fourth-order valence-electron chi connectivity index (χ4n) is 2.42. The molecule has 1 aliphatic heterocycles. The van der Waals surface area contributed by atoms with Gasteiger partial charge in [-0.25, -0.2) is 0 Å². The molecule has 3 rings (SSSR count). The predicted molar refractivity (Wildman–Crippen MR) is 86.5 cm³/mol. The van der Waals surface area contributed by atoms with E-state index in [1.807, 2.05) is 48.5 Å². The highest BCUT2D eigenvalue weighted by Gasteiger charge is 2.46. The van der Waals surface area contributed by atoms with Crippen LogP contribution in [0.1, 0.15) is 11.6 Å². The molecule has 3 nitrogen and oxygen atoms in total. The van der Waals surface area contributed by atoms with Gasteiger partial charge in [0.15, 0.2) is 0 Å². The smallest absolute Gasteiger partial charge is 0.247 e. The third-order valence-electron chi connectivity index (χ3n) is 3.46. The molecule has 2 N–H and O–H groups in total. The van der Waals surface area contributed by atoms with Crippen LogP contribution in [0.25, 0.3) is 0 Å². The maximum absolute atomic E-state index is 12.1. The van der Waals surface area contributed by atoms with Crippen LogP contribution in [0.2, 0.25) is 0 Å². The van der Waals surface area contributed by atoms with Gasteiger partial charge in [0.2, 0.25) is 5.91 Å². The van der Waals surface area contributed by atoms with E-state index in [-0.39, 0.29) is 11.9 Å². The van der Waals surface area contributed by atoms with E-state index in [9.17, 15) is 4.79 Å². The van der Waals surface area contributed by atoms with Crippen molar-refractivity contribution < 1.29 is 4.79 Å². The molecule has 2 aromatic rings. The zero-order valence-electron chi connectivity index (χ0n) is 10.5. The zero-order valence-corrected chi connectivity index (χ0v) is 13.6. The molecule has 0 aromatic heterocycles. The monoisotopic (exact) mass is 394 g/mol. The Bertz CT molecular complexity index is 640. The van der Waals surface area contributed by atoms with Crippen LogP contribution in [0.3, 0.4) is 0 Å². The van der Waals surface area contributed by atoms with Crippen molar-refractivity contribution in [1.82, 2.24) is 0 Å². The second-order valence-corrected chi connectivity index (χ2v) is 6.54. The summed E-state index contributed by atoms with van der Waals surface area (Å²) in [4.78, 5) is 13.8. The Balaban J connectivity index is 1.95. The molecule has 2 atom stereocenters. The van der Waals surface area contributed by atoms with E-state index in [2.05, 4.69) is 31.9 Å². The summed E-state index contributed by atoms with van der Waals surface area (Å²) >= 11 is 6.81. The average Bonchev–Trinajstić information content (AvgIpc) is 2.46. The van der Waals surface area contributed by atoms with Crippen LogP contribution in [-0.2, 0) is 4.79 Å². The summed E-state index contributed by atoms with van der Waals surface area (Å²) < 4.78 is 1.99. The van der Waals surface area contributed by atoms with E-state index in [4.69, 9.17) is 5.73 Å². The van der Waals surface area contributed by atoms with Gasteiger partial charge in [-0.15, -0.1) is 0 Å². The molecule has 2 aromatic carbocycles. The third-order valence-corrected chi connectivity index (χ3v) is 4.51. The summed E-state index contributed by atoms with van der Waals surface area (Å²) in [7, 11) is 0. The number of nitrogens with two attached hydrogens (primary N) is 1. The number of β-lactam (4-membered cyclic amide) rings is 1. The third kappa shape index (κ3) is 2.30. The minimum absolute atomic E-state index is 0.0414. The molecular weight excluding hydrogens is 384 g/mol. The molecular formula is C15H12Br2N2O. The lowest BCUT2D eigenvalue weighted by molar-refractivity contribution is -0.126. The molecule has 1 aliphatic rings. The van der Waals surface area contributed by atoms with E-state index in [1.165, 1.54) is 0 Å². The lowest BCUT2D eigenvalue weighted by atomic mass is 9.88. The van der Waals surface area contributed by atoms with Crippen LogP contribution in [0, 0.1) is 0 Å². The molecule has 2 unspecified atom stereocenters. The predicted octanol–water partition coefficient (Wildman–Crippen LogP) is 3.63. The van der Waals surface area contributed by atoms with Crippen LogP contribution in [-0.4, -0.2) is 11.9 Å². The van der Waals surface area contributed by atoms with E-state index in [0.29, 0.717) is 0 Å². The summed E-state index contributed by atoms with van der Waals surface area (Å²) in [6, 6.07) is 15.0. The minimum atomic E-state index is -0.472. The number of amides is 1. The molecule has 0 spiro atoms. The summed E-state index contributed by atoms with van der Waals surface area (Å²) in [5, 5.41) is 0. The maximum atomic E-state index is 12.1. The Hall–Kier alpha value is -1.17. The first kappa shape index (κ1) is 13.8. The van der Waals surface area contributed by atoms with Gasteiger partial charge in [0.25, 0.3) is 0 Å². The van der Waals surface area contributed by atoms with E-state index in [0.717, 1.165) is 20.2 Å². The number of halogens is 2. The second kappa shape index (κ2) is 5.31. The highest BCUT2D eigenvalue weighted by molar-refractivity contribution is 9.10. The van der Waals surface area contributed by atoms with Crippen molar-refractivity contribution in [2.45, 2.75) is 12.1 Å². The van der Waals surface area contributed by atoms with Crippen molar-refractivity contribution in [3.8, 4) is 0 Å². The molecule has 102 valence electrons. The van der Waals surface area contributed by atoms with Crippen molar-refractivity contribution in [2.24, 2.45) is 5.73 Å². The Labute approximate surface area is 134 Å². The quantitative estimate of drug-likeness (QED) is 0.789. The van der Waals surface area contributed by atoms with Crippen molar-refractivity contribution in [3.05, 3.63) is 63.0 Å². The highest BCUT2D eigenvalue weighted by atomic mass is 79.9. The molecule has 1 saturated heterocycles. The fourth-order valence-corrected chi connectivity index (χ4v) is 2.95. The summed E-state index contributed by atoms with van der Waals surface area (Å²) in [5.74, 6) is -0.0414. The van der Waals surface area contributed by atoms with Crippen molar-refractivity contribution in [3.63, 3.8) is 0 Å². The van der Waals surface area contributed by atoms with E-state index < -0.39 is 6.04 Å². The van der Waals surface area contributed by atoms with Crippen LogP contribution >= 0.6 is 31.9 Å². The first-order valence-corrected chi connectivity index (χ1v) is 7.76. The van der Waals surface area contributed by atoms with Gasteiger partial charge in [-0.1, -0.05) is 44.0 Å². The average molecular weight is 396 g/mol. The fraction of sp³-hybridized carbons (Fsp3) is 0.133. The summed E-state index contributed by atoms with van der Waals surface area (Å²) in [6.45, 7) is 0. The number of benzene rings is 2. The Morgan fingerprint density at radius 3 is 1.95 bits per heavy atom. The van der Waals surface area contributed by atoms with Crippen molar-refractivity contribution >= 4 is 43.5 Å². The number of nitrogens with zero attached hydrogens (tertiary/aromatic N) is 1. The van der Waals surface area contributed by atoms with E-state index in [1.54, 1.807) is 4.90 Å². The van der Waals surface area contributed by atoms with E-state index >= 15 is 0 Å². The molecule has 0 bridgehead atoms. The summed E-state index contributed by atoms with van der Waals surface area (Å²) in [5.41, 5.74) is 7.89. The van der Waals surface area contributed by atoms with Crippen LogP contribution < -0.4 is 10.6 Å². The molecule has 0 radical (unpaired) electrons. The zero-order chi connectivity index (χ0) is 14.3. The van der Waals surface area contributed by atoms with Crippen molar-refractivity contribution in [1.29, 1.82) is 0 Å². The lowest BCUT2D eigenvalue weighted by Gasteiger charge is -2.45. The molecule has 5 heteroatoms. The Morgan fingerprint density at radius 1 is 0.900 bits per heavy atom. The molecule has 0 aliphatic carbocycles. The van der Waals surface area contributed by atoms with Gasteiger partial charge in [-0.05, 0) is 42.0 Å². The maximum Gasteiger partial charge on any atom is 0.247 e. The standard InChI is InChI=1S/C15H12Br2N2O/c16-10-3-1-9(2-4-10)14-13(18)15(20)19(14)12-7-5-11(17)6-8-12/h1-8,13-14H,18H2. The normalized spacial score (nSPS) is 21.8. The van der Waals surface area contributed by atoms with Crippen LogP contribution in [0.15, 0.2) is 57.5 Å². The number of hydrogen-bond acceptors (Lipinski definition) is 2. The molecule has 1 fully saturated rings. The molecule has 1 heterocycles. The number of hydrogen-bond donors (Lipinski definition) is 1. The SMILES string of the molecule is NC1C(=O)N(c2ccc(Br)cc2)C1c1ccc(Br)cc1. The summed E-state index contributed by atoms with van der Waals surface area (Å²) in [6.07, 6.45) is 0. The van der Waals surface area contributed by atoms with Gasteiger partial charge in [-0.3, -0.25) is 4.79 Å². The number of anilines is 1. The van der Waals surface area contributed by atoms with Gasteiger partial charge in [0.1, 0.15) is 6.04 Å². The largest absolute Gasteiger partial charge is 0.318 e. The minimum Gasteiger partial charge on any atom is -0.318 e. The first-order valence-electron chi connectivity index (χ1n) is 6.17.